The van der Waals surface area contributed by atoms with Gasteiger partial charge in [-0.15, -0.1) is 0 Å². The Bertz CT molecular complexity index is 773. The van der Waals surface area contributed by atoms with Crippen LogP contribution in [0.4, 0.5) is 10.1 Å². The molecule has 1 N–H and O–H groups in total. The lowest BCUT2D eigenvalue weighted by atomic mass is 10.3. The number of halogens is 1. The number of amides is 1. The monoisotopic (exact) mass is 303 g/mol. The molecule has 0 saturated heterocycles. The molecule has 0 bridgehead atoms. The van der Waals surface area contributed by atoms with E-state index in [1.807, 2.05) is 0 Å². The van der Waals surface area contributed by atoms with E-state index in [1.165, 1.54) is 24.3 Å². The number of aromatic nitrogens is 2. The maximum Gasteiger partial charge on any atom is 0.262 e. The van der Waals surface area contributed by atoms with Crippen molar-refractivity contribution in [3.63, 3.8) is 0 Å². The van der Waals surface area contributed by atoms with Gasteiger partial charge in [-0.3, -0.25) is 4.79 Å². The standard InChI is InChI=1S/C14H10FN3O2S/c15-9-1-4-11(5-2-9)20-8-14(19)16-10-3-6-12-13(7-10)18-21-17-12/h1-7H,8H2,(H,16,19). The van der Waals surface area contributed by atoms with E-state index in [0.29, 0.717) is 11.4 Å². The minimum Gasteiger partial charge on any atom is -0.484 e. The van der Waals surface area contributed by atoms with E-state index in [1.54, 1.807) is 18.2 Å². The fourth-order valence-corrected chi connectivity index (χ4v) is 2.25. The van der Waals surface area contributed by atoms with Crippen molar-refractivity contribution >= 4 is 34.4 Å². The highest BCUT2D eigenvalue weighted by atomic mass is 32.1. The molecule has 21 heavy (non-hydrogen) atoms. The molecule has 0 aliphatic carbocycles. The van der Waals surface area contributed by atoms with Gasteiger partial charge in [0.1, 0.15) is 22.6 Å². The molecule has 0 unspecified atom stereocenters. The summed E-state index contributed by atoms with van der Waals surface area (Å²) in [6.45, 7) is -0.154. The predicted molar refractivity (Wildman–Crippen MR) is 77.9 cm³/mol. The highest BCUT2D eigenvalue weighted by Gasteiger charge is 2.06. The molecule has 0 spiro atoms. The van der Waals surface area contributed by atoms with E-state index in [2.05, 4.69) is 14.1 Å². The molecule has 1 amide bonds. The van der Waals surface area contributed by atoms with Crippen LogP contribution in [0.15, 0.2) is 42.5 Å². The molecule has 1 heterocycles. The Morgan fingerprint density at radius 1 is 1.14 bits per heavy atom. The number of benzene rings is 2. The summed E-state index contributed by atoms with van der Waals surface area (Å²) >= 11 is 1.12. The Balaban J connectivity index is 1.59. The van der Waals surface area contributed by atoms with E-state index in [4.69, 9.17) is 4.74 Å². The predicted octanol–water partition coefficient (Wildman–Crippen LogP) is 2.85. The van der Waals surface area contributed by atoms with Crippen LogP contribution < -0.4 is 10.1 Å². The largest absolute Gasteiger partial charge is 0.484 e. The first-order valence-electron chi connectivity index (χ1n) is 6.11. The lowest BCUT2D eigenvalue weighted by Crippen LogP contribution is -2.20. The first kappa shape index (κ1) is 13.4. The second-order valence-corrected chi connectivity index (χ2v) is 4.79. The van der Waals surface area contributed by atoms with Crippen molar-refractivity contribution in [3.8, 4) is 5.75 Å². The van der Waals surface area contributed by atoms with Gasteiger partial charge >= 0.3 is 0 Å². The minimum absolute atomic E-state index is 0.154. The van der Waals surface area contributed by atoms with Crippen LogP contribution >= 0.6 is 11.7 Å². The molecule has 0 radical (unpaired) electrons. The van der Waals surface area contributed by atoms with Gasteiger partial charge in [-0.1, -0.05) is 0 Å². The molecule has 0 fully saturated rings. The van der Waals surface area contributed by atoms with Crippen molar-refractivity contribution in [3.05, 3.63) is 48.3 Å². The summed E-state index contributed by atoms with van der Waals surface area (Å²) in [7, 11) is 0. The number of fused-ring (bicyclic) bond motifs is 1. The molecule has 7 heteroatoms. The molecule has 0 atom stereocenters. The molecule has 3 rings (SSSR count). The maximum atomic E-state index is 12.7. The number of anilines is 1. The fraction of sp³-hybridized carbons (Fsp3) is 0.0714. The summed E-state index contributed by atoms with van der Waals surface area (Å²) in [6.07, 6.45) is 0. The van der Waals surface area contributed by atoms with Crippen LogP contribution in [0, 0.1) is 5.82 Å². The molecule has 106 valence electrons. The summed E-state index contributed by atoms with van der Waals surface area (Å²) in [5.41, 5.74) is 2.15. The molecular weight excluding hydrogens is 293 g/mol. The van der Waals surface area contributed by atoms with Crippen molar-refractivity contribution in [2.45, 2.75) is 0 Å². The summed E-state index contributed by atoms with van der Waals surface area (Å²) in [6, 6.07) is 10.8. The highest BCUT2D eigenvalue weighted by Crippen LogP contribution is 2.17. The van der Waals surface area contributed by atoms with Crippen molar-refractivity contribution in [2.24, 2.45) is 0 Å². The summed E-state index contributed by atoms with van der Waals surface area (Å²) in [5.74, 6) is -0.218. The van der Waals surface area contributed by atoms with Crippen LogP contribution in [-0.2, 0) is 4.79 Å². The zero-order chi connectivity index (χ0) is 14.7. The van der Waals surface area contributed by atoms with Crippen molar-refractivity contribution < 1.29 is 13.9 Å². The molecule has 1 aromatic heterocycles. The van der Waals surface area contributed by atoms with Gasteiger partial charge in [-0.2, -0.15) is 8.75 Å². The molecule has 2 aromatic carbocycles. The summed E-state index contributed by atoms with van der Waals surface area (Å²) in [4.78, 5) is 11.8. The van der Waals surface area contributed by atoms with E-state index in [-0.39, 0.29) is 18.3 Å². The Morgan fingerprint density at radius 3 is 2.71 bits per heavy atom. The fourth-order valence-electron chi connectivity index (χ4n) is 1.74. The second kappa shape index (κ2) is 5.84. The Labute approximate surface area is 123 Å². The van der Waals surface area contributed by atoms with Crippen molar-refractivity contribution in [1.82, 2.24) is 8.75 Å². The average molecular weight is 303 g/mol. The molecule has 5 nitrogen and oxygen atoms in total. The van der Waals surface area contributed by atoms with Crippen LogP contribution in [-0.4, -0.2) is 21.3 Å². The third kappa shape index (κ3) is 3.32. The number of hydrogen-bond donors (Lipinski definition) is 1. The van der Waals surface area contributed by atoms with Gasteiger partial charge in [0.05, 0.1) is 11.7 Å². The highest BCUT2D eigenvalue weighted by molar-refractivity contribution is 7.00. The lowest BCUT2D eigenvalue weighted by molar-refractivity contribution is -0.118. The number of ether oxygens (including phenoxy) is 1. The Kier molecular flexibility index (Phi) is 3.74. The zero-order valence-corrected chi connectivity index (χ0v) is 11.6. The minimum atomic E-state index is -0.350. The number of carbonyl (C=O) groups is 1. The van der Waals surface area contributed by atoms with Gasteiger partial charge in [0.25, 0.3) is 5.91 Å². The number of rotatable bonds is 4. The van der Waals surface area contributed by atoms with Crippen LogP contribution in [0.2, 0.25) is 0 Å². The molecule has 0 saturated carbocycles. The molecule has 3 aromatic rings. The maximum absolute atomic E-state index is 12.7. The zero-order valence-electron chi connectivity index (χ0n) is 10.7. The van der Waals surface area contributed by atoms with Gasteiger partial charge in [0, 0.05) is 5.69 Å². The van der Waals surface area contributed by atoms with Crippen LogP contribution in [0.1, 0.15) is 0 Å². The summed E-state index contributed by atoms with van der Waals surface area (Å²) < 4.78 is 26.2. The van der Waals surface area contributed by atoms with E-state index in [0.717, 1.165) is 22.8 Å². The third-order valence-corrected chi connectivity index (χ3v) is 3.28. The Morgan fingerprint density at radius 2 is 1.90 bits per heavy atom. The first-order valence-corrected chi connectivity index (χ1v) is 6.84. The van der Waals surface area contributed by atoms with Gasteiger partial charge in [-0.05, 0) is 42.5 Å². The van der Waals surface area contributed by atoms with E-state index in [9.17, 15) is 9.18 Å². The van der Waals surface area contributed by atoms with Gasteiger partial charge < -0.3 is 10.1 Å². The quantitative estimate of drug-likeness (QED) is 0.805. The second-order valence-electron chi connectivity index (χ2n) is 4.26. The van der Waals surface area contributed by atoms with Crippen LogP contribution in [0.25, 0.3) is 11.0 Å². The van der Waals surface area contributed by atoms with Crippen molar-refractivity contribution in [2.75, 3.05) is 11.9 Å². The smallest absolute Gasteiger partial charge is 0.262 e. The average Bonchev–Trinajstić information content (AvgIpc) is 2.94. The van der Waals surface area contributed by atoms with Crippen molar-refractivity contribution in [1.29, 1.82) is 0 Å². The normalized spacial score (nSPS) is 10.5. The van der Waals surface area contributed by atoms with Crippen LogP contribution in [0.5, 0.6) is 5.75 Å². The SMILES string of the molecule is O=C(COc1ccc(F)cc1)Nc1ccc2nsnc2c1. The number of carbonyl (C=O) groups excluding carboxylic acids is 1. The topological polar surface area (TPSA) is 64.1 Å². The van der Waals surface area contributed by atoms with Gasteiger partial charge in [0.15, 0.2) is 6.61 Å². The third-order valence-electron chi connectivity index (χ3n) is 2.72. The lowest BCUT2D eigenvalue weighted by Gasteiger charge is -2.07. The molecule has 0 aliphatic heterocycles. The number of hydrogen-bond acceptors (Lipinski definition) is 5. The Hall–Kier alpha value is -2.54. The number of nitrogens with zero attached hydrogens (tertiary/aromatic N) is 2. The van der Waals surface area contributed by atoms with E-state index >= 15 is 0 Å². The first-order chi connectivity index (χ1) is 10.2. The summed E-state index contributed by atoms with van der Waals surface area (Å²) in [5, 5.41) is 2.70. The molecular formula is C14H10FN3O2S. The molecule has 0 aliphatic rings. The van der Waals surface area contributed by atoms with Crippen LogP contribution in [0.3, 0.4) is 0 Å². The number of nitrogens with one attached hydrogen (secondary N) is 1. The van der Waals surface area contributed by atoms with Gasteiger partial charge in [0.2, 0.25) is 0 Å². The van der Waals surface area contributed by atoms with Gasteiger partial charge in [-0.25, -0.2) is 4.39 Å². The van der Waals surface area contributed by atoms with E-state index < -0.39 is 0 Å².